The first-order valence-electron chi connectivity index (χ1n) is 11.1. The minimum atomic E-state index is -4.46. The normalized spacial score (nSPS) is 24.4. The van der Waals surface area contributed by atoms with E-state index < -0.39 is 23.8 Å². The van der Waals surface area contributed by atoms with E-state index in [1.165, 1.54) is 0 Å². The molecule has 1 aliphatic carbocycles. The number of aliphatic hydroxyl groups is 1. The number of piperazine rings is 1. The predicted molar refractivity (Wildman–Crippen MR) is 111 cm³/mol. The molecule has 176 valence electrons. The van der Waals surface area contributed by atoms with Crippen LogP contribution in [0.15, 0.2) is 36.7 Å². The zero-order chi connectivity index (χ0) is 23.2. The lowest BCUT2D eigenvalue weighted by Gasteiger charge is -2.38. The summed E-state index contributed by atoms with van der Waals surface area (Å²) < 4.78 is 44.3. The molecule has 0 radical (unpaired) electrons. The summed E-state index contributed by atoms with van der Waals surface area (Å²) in [4.78, 5) is 25.5. The molecule has 1 saturated carbocycles. The van der Waals surface area contributed by atoms with Crippen molar-refractivity contribution >= 4 is 5.91 Å². The second kappa shape index (κ2) is 8.57. The Morgan fingerprint density at radius 2 is 1.85 bits per heavy atom. The van der Waals surface area contributed by atoms with Gasteiger partial charge in [-0.15, -0.1) is 0 Å². The van der Waals surface area contributed by atoms with Crippen molar-refractivity contribution in [2.45, 2.75) is 49.6 Å². The number of ether oxygens (including phenoxy) is 1. The van der Waals surface area contributed by atoms with Gasteiger partial charge < -0.3 is 14.7 Å². The predicted octanol–water partition coefficient (Wildman–Crippen LogP) is 2.77. The average molecular weight is 462 g/mol. The van der Waals surface area contributed by atoms with Crippen molar-refractivity contribution in [3.05, 3.63) is 53.5 Å². The van der Waals surface area contributed by atoms with E-state index in [-0.39, 0.29) is 17.7 Å². The van der Waals surface area contributed by atoms with Crippen molar-refractivity contribution in [3.8, 4) is 5.88 Å². The van der Waals surface area contributed by atoms with Crippen molar-refractivity contribution in [1.29, 1.82) is 0 Å². The van der Waals surface area contributed by atoms with Gasteiger partial charge in [0.05, 0.1) is 23.7 Å². The maximum Gasteiger partial charge on any atom is 0.416 e. The number of hydrogen-bond acceptors (Lipinski definition) is 6. The molecule has 10 heteroatoms. The monoisotopic (exact) mass is 462 g/mol. The van der Waals surface area contributed by atoms with Gasteiger partial charge in [-0.2, -0.15) is 13.2 Å². The molecule has 1 amide bonds. The van der Waals surface area contributed by atoms with Crippen LogP contribution in [-0.2, 0) is 11.0 Å². The molecule has 2 aromatic rings. The highest BCUT2D eigenvalue weighted by molar-refractivity contribution is 5.82. The topological polar surface area (TPSA) is 78.8 Å². The Morgan fingerprint density at radius 3 is 2.48 bits per heavy atom. The number of nitrogens with zero attached hydrogens (tertiary/aromatic N) is 4. The molecule has 1 unspecified atom stereocenters. The zero-order valence-electron chi connectivity index (χ0n) is 17.9. The molecule has 0 bridgehead atoms. The summed E-state index contributed by atoms with van der Waals surface area (Å²) in [5.41, 5.74) is 0.339. The second-order valence-electron chi connectivity index (χ2n) is 8.98. The van der Waals surface area contributed by atoms with Crippen LogP contribution in [0.5, 0.6) is 5.88 Å². The summed E-state index contributed by atoms with van der Waals surface area (Å²) in [7, 11) is 0. The van der Waals surface area contributed by atoms with E-state index in [4.69, 9.17) is 4.74 Å². The van der Waals surface area contributed by atoms with Gasteiger partial charge in [0.1, 0.15) is 6.10 Å². The molecule has 3 aliphatic rings. The first kappa shape index (κ1) is 22.1. The first-order valence-corrected chi connectivity index (χ1v) is 11.1. The number of aliphatic hydroxyl groups excluding tert-OH is 1. The van der Waals surface area contributed by atoms with Crippen LogP contribution in [0, 0.1) is 0 Å². The first-order chi connectivity index (χ1) is 15.8. The number of hydrogen-bond donors (Lipinski definition) is 1. The van der Waals surface area contributed by atoms with Crippen molar-refractivity contribution in [2.24, 2.45) is 0 Å². The van der Waals surface area contributed by atoms with E-state index in [0.717, 1.165) is 49.3 Å². The van der Waals surface area contributed by atoms with Crippen LogP contribution >= 0.6 is 0 Å². The molecular weight excluding hydrogens is 437 g/mol. The van der Waals surface area contributed by atoms with E-state index in [0.29, 0.717) is 37.9 Å². The summed E-state index contributed by atoms with van der Waals surface area (Å²) >= 11 is 0. The minimum absolute atomic E-state index is 0.0639. The van der Waals surface area contributed by atoms with Gasteiger partial charge in [0.15, 0.2) is 6.10 Å². The van der Waals surface area contributed by atoms with Crippen LogP contribution in [0.2, 0.25) is 0 Å². The highest BCUT2D eigenvalue weighted by atomic mass is 19.4. The van der Waals surface area contributed by atoms with E-state index in [1.54, 1.807) is 17.3 Å². The van der Waals surface area contributed by atoms with Gasteiger partial charge in [0.2, 0.25) is 5.88 Å². The third-order valence-corrected chi connectivity index (χ3v) is 6.61. The van der Waals surface area contributed by atoms with Crippen LogP contribution in [0.4, 0.5) is 13.2 Å². The highest BCUT2D eigenvalue weighted by Crippen LogP contribution is 2.38. The van der Waals surface area contributed by atoms with Crippen LogP contribution in [0.25, 0.3) is 0 Å². The van der Waals surface area contributed by atoms with E-state index >= 15 is 0 Å². The quantitative estimate of drug-likeness (QED) is 0.736. The van der Waals surface area contributed by atoms with Crippen LogP contribution in [-0.4, -0.2) is 69.1 Å². The largest absolute Gasteiger partial charge is 0.472 e. The fraction of sp³-hybridized carbons (Fsp3) is 0.522. The van der Waals surface area contributed by atoms with Gasteiger partial charge >= 0.3 is 6.18 Å². The van der Waals surface area contributed by atoms with E-state index in [1.807, 2.05) is 0 Å². The lowest BCUT2D eigenvalue weighted by molar-refractivity contribution is -0.143. The third kappa shape index (κ3) is 4.81. The lowest BCUT2D eigenvalue weighted by Crippen LogP contribution is -2.53. The Hall–Kier alpha value is -2.72. The van der Waals surface area contributed by atoms with E-state index in [2.05, 4.69) is 14.9 Å². The molecule has 3 fully saturated rings. The molecule has 2 saturated heterocycles. The number of benzene rings is 1. The van der Waals surface area contributed by atoms with Crippen LogP contribution in [0.1, 0.15) is 48.1 Å². The van der Waals surface area contributed by atoms with Crippen molar-refractivity contribution in [1.82, 2.24) is 19.8 Å². The number of carbonyl (C=O) groups is 1. The minimum Gasteiger partial charge on any atom is -0.472 e. The van der Waals surface area contributed by atoms with Gasteiger partial charge in [-0.05, 0) is 30.5 Å². The zero-order valence-corrected chi connectivity index (χ0v) is 17.9. The molecule has 3 heterocycles. The Kier molecular flexibility index (Phi) is 5.74. The third-order valence-electron chi connectivity index (χ3n) is 6.61. The molecule has 7 nitrogen and oxygen atoms in total. The number of rotatable bonds is 5. The van der Waals surface area contributed by atoms with Gasteiger partial charge in [-0.3, -0.25) is 14.7 Å². The summed E-state index contributed by atoms with van der Waals surface area (Å²) in [6, 6.07) is 4.14. The van der Waals surface area contributed by atoms with Crippen LogP contribution in [0.3, 0.4) is 0 Å². The maximum absolute atomic E-state index is 12.8. The second-order valence-corrected chi connectivity index (χ2v) is 8.98. The summed E-state index contributed by atoms with van der Waals surface area (Å²) in [5.74, 6) is 0.531. The molecule has 3 atom stereocenters. The fourth-order valence-corrected chi connectivity index (χ4v) is 4.60. The number of halogens is 3. The number of carbonyl (C=O) groups excluding carboxylic acids is 1. The SMILES string of the molecule is O=C(C(O)c1ccc(C(F)(F)F)cc1)N1CCN2C[C@H](Oc3cnc(C4CC4)cn3)C[C@H]2C1. The number of alkyl halides is 3. The maximum atomic E-state index is 12.8. The van der Waals surface area contributed by atoms with Crippen molar-refractivity contribution < 1.29 is 27.8 Å². The Balaban J connectivity index is 1.16. The molecule has 33 heavy (non-hydrogen) atoms. The summed E-state index contributed by atoms with van der Waals surface area (Å²) in [6.45, 7) is 2.24. The molecule has 1 aromatic carbocycles. The number of fused-ring (bicyclic) bond motifs is 1. The lowest BCUT2D eigenvalue weighted by atomic mass is 10.0. The number of aromatic nitrogens is 2. The molecule has 2 aliphatic heterocycles. The number of amides is 1. The Labute approximate surface area is 189 Å². The van der Waals surface area contributed by atoms with Gasteiger partial charge in [0.25, 0.3) is 5.91 Å². The van der Waals surface area contributed by atoms with E-state index in [9.17, 15) is 23.1 Å². The summed E-state index contributed by atoms with van der Waals surface area (Å²) in [5, 5.41) is 10.5. The Bertz CT molecular complexity index is 996. The Morgan fingerprint density at radius 1 is 1.09 bits per heavy atom. The highest BCUT2D eigenvalue weighted by Gasteiger charge is 2.40. The molecule has 1 N–H and O–H groups in total. The molecule has 5 rings (SSSR count). The molecule has 1 aromatic heterocycles. The van der Waals surface area contributed by atoms with Crippen LogP contribution < -0.4 is 4.74 Å². The molecule has 0 spiro atoms. The van der Waals surface area contributed by atoms with Gasteiger partial charge in [0, 0.05) is 44.6 Å². The van der Waals surface area contributed by atoms with Crippen molar-refractivity contribution in [2.75, 3.05) is 26.2 Å². The average Bonchev–Trinajstić information content (AvgIpc) is 3.57. The van der Waals surface area contributed by atoms with Crippen molar-refractivity contribution in [3.63, 3.8) is 0 Å². The van der Waals surface area contributed by atoms with Gasteiger partial charge in [-0.25, -0.2) is 4.98 Å². The van der Waals surface area contributed by atoms with Gasteiger partial charge in [-0.1, -0.05) is 12.1 Å². The molecular formula is C23H25F3N4O3. The summed E-state index contributed by atoms with van der Waals surface area (Å²) in [6.07, 6.45) is 0.466. The smallest absolute Gasteiger partial charge is 0.416 e. The fourth-order valence-electron chi connectivity index (χ4n) is 4.60. The standard InChI is InChI=1S/C23H25F3N4O3/c24-23(25,26)16-5-3-15(4-6-16)21(31)22(32)30-8-7-29-13-18(9-17(29)12-30)33-20-11-27-19(10-28-20)14-1-2-14/h3-6,10-11,14,17-18,21,31H,1-2,7-9,12-13H2/t17-,18+,21?/m0/s1.